The number of carbonyl (C=O) groups is 4. The SMILES string of the molecule is COC(=O)CCC(=O)SCCNC(=O)CCNC(=O)[C@@H]1OC(C)(OC)OCC1(C)C. The number of amides is 2. The van der Waals surface area contributed by atoms with Crippen LogP contribution in [0, 0.1) is 5.41 Å². The van der Waals surface area contributed by atoms with Crippen LogP contribution in [-0.2, 0) is 38.1 Å². The molecule has 1 saturated heterocycles. The van der Waals surface area contributed by atoms with E-state index in [-0.39, 0.29) is 49.3 Å². The van der Waals surface area contributed by atoms with E-state index >= 15 is 0 Å². The Morgan fingerprint density at radius 3 is 2.37 bits per heavy atom. The second kappa shape index (κ2) is 12.2. The lowest BCUT2D eigenvalue weighted by molar-refractivity contribution is -0.413. The molecule has 0 radical (unpaired) electrons. The van der Waals surface area contributed by atoms with Crippen LogP contribution in [0.5, 0.6) is 0 Å². The predicted octanol–water partition coefficient (Wildman–Crippen LogP) is 0.584. The van der Waals surface area contributed by atoms with E-state index < -0.39 is 23.5 Å². The van der Waals surface area contributed by atoms with Crippen molar-refractivity contribution < 1.29 is 38.1 Å². The van der Waals surface area contributed by atoms with E-state index in [1.54, 1.807) is 6.92 Å². The van der Waals surface area contributed by atoms with Crippen LogP contribution in [0.2, 0.25) is 0 Å². The lowest BCUT2D eigenvalue weighted by Crippen LogP contribution is -2.58. The number of ether oxygens (including phenoxy) is 4. The van der Waals surface area contributed by atoms with Crippen LogP contribution in [0.15, 0.2) is 0 Å². The highest BCUT2D eigenvalue weighted by Crippen LogP contribution is 2.35. The number of hydrogen-bond acceptors (Lipinski definition) is 9. The first-order valence-corrected chi connectivity index (χ1v) is 10.7. The lowest BCUT2D eigenvalue weighted by atomic mass is 9.86. The van der Waals surface area contributed by atoms with E-state index in [0.29, 0.717) is 12.3 Å². The molecule has 0 aromatic carbocycles. The molecule has 2 atom stereocenters. The van der Waals surface area contributed by atoms with Gasteiger partial charge in [0.2, 0.25) is 11.8 Å². The molecule has 2 amide bonds. The van der Waals surface area contributed by atoms with Crippen molar-refractivity contribution in [2.75, 3.05) is 39.7 Å². The molecule has 1 aliphatic rings. The molecule has 1 fully saturated rings. The molecule has 0 spiro atoms. The molecule has 0 aromatic heterocycles. The highest BCUT2D eigenvalue weighted by atomic mass is 32.2. The number of thioether (sulfide) groups is 1. The molecule has 0 bridgehead atoms. The fourth-order valence-corrected chi connectivity index (χ4v) is 3.21. The number of methoxy groups -OCH3 is 2. The molecule has 1 rings (SSSR count). The summed E-state index contributed by atoms with van der Waals surface area (Å²) in [4.78, 5) is 47.0. The van der Waals surface area contributed by atoms with Gasteiger partial charge in [0.1, 0.15) is 6.10 Å². The van der Waals surface area contributed by atoms with Gasteiger partial charge in [-0.1, -0.05) is 25.6 Å². The van der Waals surface area contributed by atoms with Crippen LogP contribution in [0.4, 0.5) is 0 Å². The first-order chi connectivity index (χ1) is 14.0. The molecular weight excluding hydrogens is 416 g/mol. The molecule has 0 saturated carbocycles. The number of nitrogens with one attached hydrogen (secondary N) is 2. The standard InChI is InChI=1S/C19H32N2O8S/c1-18(2)12-28-19(3,27-5)29-16(18)17(25)21-9-8-13(22)20-10-11-30-15(24)7-6-14(23)26-4/h16H,6-12H2,1-5H3,(H,20,22)(H,21,25)/t16-,19?/m0/s1. The molecule has 0 aliphatic carbocycles. The van der Waals surface area contributed by atoms with E-state index in [2.05, 4.69) is 15.4 Å². The van der Waals surface area contributed by atoms with E-state index in [4.69, 9.17) is 14.2 Å². The van der Waals surface area contributed by atoms with Crippen molar-refractivity contribution in [3.05, 3.63) is 0 Å². The Morgan fingerprint density at radius 2 is 1.73 bits per heavy atom. The molecule has 30 heavy (non-hydrogen) atoms. The molecule has 2 N–H and O–H groups in total. The summed E-state index contributed by atoms with van der Waals surface area (Å²) >= 11 is 1.05. The smallest absolute Gasteiger partial charge is 0.305 e. The van der Waals surface area contributed by atoms with Gasteiger partial charge in [0.25, 0.3) is 5.97 Å². The average Bonchev–Trinajstić information content (AvgIpc) is 2.71. The lowest BCUT2D eigenvalue weighted by Gasteiger charge is -2.44. The van der Waals surface area contributed by atoms with Gasteiger partial charge >= 0.3 is 5.97 Å². The molecule has 1 aliphatic heterocycles. The summed E-state index contributed by atoms with van der Waals surface area (Å²) < 4.78 is 20.8. The van der Waals surface area contributed by atoms with Crippen LogP contribution in [0.1, 0.15) is 40.0 Å². The van der Waals surface area contributed by atoms with Crippen LogP contribution in [-0.4, -0.2) is 74.6 Å². The minimum atomic E-state index is -1.29. The molecule has 10 nitrogen and oxygen atoms in total. The average molecular weight is 449 g/mol. The van der Waals surface area contributed by atoms with Crippen molar-refractivity contribution >= 4 is 34.7 Å². The number of esters is 1. The Labute approximate surface area is 181 Å². The molecule has 0 aromatic rings. The Bertz CT molecular complexity index is 628. The normalized spacial score (nSPS) is 22.8. The van der Waals surface area contributed by atoms with Gasteiger partial charge in [0, 0.05) is 51.1 Å². The topological polar surface area (TPSA) is 129 Å². The van der Waals surface area contributed by atoms with Crippen molar-refractivity contribution in [3.8, 4) is 0 Å². The summed E-state index contributed by atoms with van der Waals surface area (Å²) in [6.07, 6.45) is -0.542. The molecule has 172 valence electrons. The third-order valence-electron chi connectivity index (χ3n) is 4.46. The van der Waals surface area contributed by atoms with Crippen molar-refractivity contribution in [2.24, 2.45) is 5.41 Å². The zero-order chi connectivity index (χ0) is 22.8. The van der Waals surface area contributed by atoms with E-state index in [0.717, 1.165) is 11.8 Å². The zero-order valence-corrected chi connectivity index (χ0v) is 19.0. The maximum Gasteiger partial charge on any atom is 0.305 e. The summed E-state index contributed by atoms with van der Waals surface area (Å²) in [5, 5.41) is 5.25. The van der Waals surface area contributed by atoms with Crippen LogP contribution < -0.4 is 10.6 Å². The van der Waals surface area contributed by atoms with Gasteiger partial charge in [-0.15, -0.1) is 0 Å². The highest BCUT2D eigenvalue weighted by molar-refractivity contribution is 8.13. The molecule has 1 unspecified atom stereocenters. The summed E-state index contributed by atoms with van der Waals surface area (Å²) in [7, 11) is 2.70. The first-order valence-electron chi connectivity index (χ1n) is 9.67. The Hall–Kier alpha value is -1.69. The van der Waals surface area contributed by atoms with E-state index in [1.165, 1.54) is 14.2 Å². The van der Waals surface area contributed by atoms with Gasteiger partial charge in [-0.2, -0.15) is 0 Å². The Balaban J connectivity index is 2.25. The Kier molecular flexibility index (Phi) is 10.7. The fraction of sp³-hybridized carbons (Fsp3) is 0.789. The fourth-order valence-electron chi connectivity index (χ4n) is 2.53. The monoisotopic (exact) mass is 448 g/mol. The van der Waals surface area contributed by atoms with Crippen LogP contribution >= 0.6 is 11.8 Å². The second-order valence-corrected chi connectivity index (χ2v) is 8.68. The van der Waals surface area contributed by atoms with Crippen molar-refractivity contribution in [3.63, 3.8) is 0 Å². The van der Waals surface area contributed by atoms with Crippen LogP contribution in [0.25, 0.3) is 0 Å². The Morgan fingerprint density at radius 1 is 1.03 bits per heavy atom. The number of hydrogen-bond donors (Lipinski definition) is 2. The van der Waals surface area contributed by atoms with Gasteiger partial charge < -0.3 is 29.6 Å². The second-order valence-electron chi connectivity index (χ2n) is 7.53. The van der Waals surface area contributed by atoms with Crippen molar-refractivity contribution in [2.45, 2.75) is 52.1 Å². The van der Waals surface area contributed by atoms with Gasteiger partial charge in [-0.25, -0.2) is 0 Å². The van der Waals surface area contributed by atoms with Crippen molar-refractivity contribution in [1.82, 2.24) is 10.6 Å². The summed E-state index contributed by atoms with van der Waals surface area (Å²) in [6.45, 7) is 6.03. The van der Waals surface area contributed by atoms with E-state index in [1.807, 2.05) is 13.8 Å². The van der Waals surface area contributed by atoms with Crippen molar-refractivity contribution in [1.29, 1.82) is 0 Å². The van der Waals surface area contributed by atoms with Gasteiger partial charge in [0.05, 0.1) is 20.1 Å². The molecular formula is C19H32N2O8S. The minimum absolute atomic E-state index is 0.0472. The quantitative estimate of drug-likeness (QED) is 0.344. The first kappa shape index (κ1) is 26.3. The third-order valence-corrected chi connectivity index (χ3v) is 5.39. The molecule has 11 heteroatoms. The van der Waals surface area contributed by atoms with Crippen LogP contribution in [0.3, 0.4) is 0 Å². The maximum absolute atomic E-state index is 12.5. The number of carbonyl (C=O) groups excluding carboxylic acids is 4. The van der Waals surface area contributed by atoms with Gasteiger partial charge in [-0.05, 0) is 0 Å². The summed E-state index contributed by atoms with van der Waals surface area (Å²) in [6, 6.07) is 0. The highest BCUT2D eigenvalue weighted by Gasteiger charge is 2.48. The maximum atomic E-state index is 12.5. The van der Waals surface area contributed by atoms with Gasteiger partial charge in [-0.3, -0.25) is 19.2 Å². The number of rotatable bonds is 11. The zero-order valence-electron chi connectivity index (χ0n) is 18.2. The summed E-state index contributed by atoms with van der Waals surface area (Å²) in [5.74, 6) is -1.91. The summed E-state index contributed by atoms with van der Waals surface area (Å²) in [5.41, 5.74) is -0.554. The predicted molar refractivity (Wildman–Crippen MR) is 109 cm³/mol. The molecule has 1 heterocycles. The minimum Gasteiger partial charge on any atom is -0.469 e. The largest absolute Gasteiger partial charge is 0.469 e. The van der Waals surface area contributed by atoms with E-state index in [9.17, 15) is 19.2 Å². The third kappa shape index (κ3) is 8.99. The van der Waals surface area contributed by atoms with Gasteiger partial charge in [0.15, 0.2) is 5.12 Å².